The van der Waals surface area contributed by atoms with E-state index in [4.69, 9.17) is 5.11 Å². The lowest BCUT2D eigenvalue weighted by Crippen LogP contribution is -2.30. The van der Waals surface area contributed by atoms with E-state index in [2.05, 4.69) is 5.32 Å². The highest BCUT2D eigenvalue weighted by atomic mass is 16.4. The van der Waals surface area contributed by atoms with Crippen molar-refractivity contribution in [3.05, 3.63) is 0 Å². The summed E-state index contributed by atoms with van der Waals surface area (Å²) in [6, 6.07) is 0. The molecule has 0 radical (unpaired) electrons. The van der Waals surface area contributed by atoms with E-state index in [1.165, 1.54) is 19.3 Å². The Morgan fingerprint density at radius 1 is 0.880 bits per heavy atom. The van der Waals surface area contributed by atoms with E-state index in [1.54, 1.807) is 0 Å². The molecule has 3 N–H and O–H groups in total. The van der Waals surface area contributed by atoms with E-state index in [-0.39, 0.29) is 18.4 Å². The number of rotatable bonds is 14. The summed E-state index contributed by atoms with van der Waals surface area (Å²) in [6.07, 6.45) is 14.3. The first-order valence-electron chi connectivity index (χ1n) is 10.3. The summed E-state index contributed by atoms with van der Waals surface area (Å²) < 4.78 is 0. The molecule has 1 unspecified atom stereocenters. The molecule has 1 rings (SSSR count). The third-order valence-corrected chi connectivity index (χ3v) is 5.25. The summed E-state index contributed by atoms with van der Waals surface area (Å²) in [5.74, 6) is -0.185. The SMILES string of the molecule is O=C(O)CCCCCCCCCC(=O)NCCC(O)C1CCCCC1. The van der Waals surface area contributed by atoms with Crippen LogP contribution in [0.15, 0.2) is 0 Å². The minimum Gasteiger partial charge on any atom is -0.481 e. The van der Waals surface area contributed by atoms with Crippen molar-refractivity contribution in [3.8, 4) is 0 Å². The van der Waals surface area contributed by atoms with Crippen LogP contribution in [-0.2, 0) is 9.59 Å². The van der Waals surface area contributed by atoms with Gasteiger partial charge in [0.25, 0.3) is 0 Å². The maximum atomic E-state index is 11.8. The molecular weight excluding hydrogens is 318 g/mol. The summed E-state index contributed by atoms with van der Waals surface area (Å²) in [5.41, 5.74) is 0. The predicted octanol–water partition coefficient (Wildman–Crippen LogP) is 4.03. The van der Waals surface area contributed by atoms with Crippen LogP contribution in [0.2, 0.25) is 0 Å². The van der Waals surface area contributed by atoms with Gasteiger partial charge in [-0.05, 0) is 38.0 Å². The van der Waals surface area contributed by atoms with Crippen LogP contribution < -0.4 is 5.32 Å². The van der Waals surface area contributed by atoms with Gasteiger partial charge in [0.1, 0.15) is 0 Å². The Bertz CT molecular complexity index is 367. The number of hydrogen-bond donors (Lipinski definition) is 3. The average Bonchev–Trinajstić information content (AvgIpc) is 2.60. The Balaban J connectivity index is 1.87. The molecule has 0 bridgehead atoms. The normalized spacial score (nSPS) is 16.5. The van der Waals surface area contributed by atoms with Crippen LogP contribution in [0.5, 0.6) is 0 Å². The van der Waals surface area contributed by atoms with Crippen LogP contribution in [0.25, 0.3) is 0 Å². The van der Waals surface area contributed by atoms with Gasteiger partial charge in [-0.15, -0.1) is 0 Å². The summed E-state index contributed by atoms with van der Waals surface area (Å²) in [5, 5.41) is 21.6. The van der Waals surface area contributed by atoms with Crippen LogP contribution in [0.4, 0.5) is 0 Å². The van der Waals surface area contributed by atoms with Crippen molar-refractivity contribution >= 4 is 11.9 Å². The number of carbonyl (C=O) groups is 2. The molecule has 1 atom stereocenters. The fraction of sp³-hybridized carbons (Fsp3) is 0.900. The molecule has 0 aliphatic heterocycles. The van der Waals surface area contributed by atoms with Crippen molar-refractivity contribution in [1.82, 2.24) is 5.32 Å². The fourth-order valence-corrected chi connectivity index (χ4v) is 3.65. The number of aliphatic hydroxyl groups excluding tert-OH is 1. The lowest BCUT2D eigenvalue weighted by Gasteiger charge is -2.26. The van der Waals surface area contributed by atoms with Gasteiger partial charge in [0.05, 0.1) is 6.10 Å². The van der Waals surface area contributed by atoms with Gasteiger partial charge in [0.15, 0.2) is 0 Å². The second kappa shape index (κ2) is 14.1. The van der Waals surface area contributed by atoms with Gasteiger partial charge in [-0.25, -0.2) is 0 Å². The van der Waals surface area contributed by atoms with E-state index in [1.807, 2.05) is 0 Å². The molecule has 5 nitrogen and oxygen atoms in total. The Morgan fingerprint density at radius 2 is 1.44 bits per heavy atom. The van der Waals surface area contributed by atoms with Crippen LogP contribution in [0.3, 0.4) is 0 Å². The number of nitrogens with one attached hydrogen (secondary N) is 1. The molecule has 25 heavy (non-hydrogen) atoms. The highest BCUT2D eigenvalue weighted by Crippen LogP contribution is 2.27. The molecule has 1 fully saturated rings. The van der Waals surface area contributed by atoms with Gasteiger partial charge >= 0.3 is 5.97 Å². The second-order valence-electron chi connectivity index (χ2n) is 7.47. The van der Waals surface area contributed by atoms with E-state index >= 15 is 0 Å². The summed E-state index contributed by atoms with van der Waals surface area (Å²) in [4.78, 5) is 22.2. The predicted molar refractivity (Wildman–Crippen MR) is 99.4 cm³/mol. The number of carbonyl (C=O) groups excluding carboxylic acids is 1. The first-order chi connectivity index (χ1) is 12.1. The van der Waals surface area contributed by atoms with Crippen LogP contribution in [0, 0.1) is 5.92 Å². The summed E-state index contributed by atoms with van der Waals surface area (Å²) in [6.45, 7) is 0.583. The quantitative estimate of drug-likeness (QED) is 0.411. The molecule has 0 saturated heterocycles. The highest BCUT2D eigenvalue weighted by Gasteiger charge is 2.21. The number of aliphatic carboxylic acids is 1. The Hall–Kier alpha value is -1.10. The fourth-order valence-electron chi connectivity index (χ4n) is 3.65. The van der Waals surface area contributed by atoms with Gasteiger partial charge in [0, 0.05) is 19.4 Å². The van der Waals surface area contributed by atoms with E-state index in [0.717, 1.165) is 57.8 Å². The van der Waals surface area contributed by atoms with Gasteiger partial charge < -0.3 is 15.5 Å². The molecule has 1 aliphatic carbocycles. The topological polar surface area (TPSA) is 86.6 Å². The third-order valence-electron chi connectivity index (χ3n) is 5.25. The van der Waals surface area contributed by atoms with Gasteiger partial charge in [0.2, 0.25) is 5.91 Å². The average molecular weight is 356 g/mol. The third kappa shape index (κ3) is 12.0. The molecule has 0 aromatic rings. The Labute approximate surface area is 152 Å². The van der Waals surface area contributed by atoms with E-state index in [0.29, 0.717) is 25.3 Å². The van der Waals surface area contributed by atoms with Gasteiger partial charge in [-0.2, -0.15) is 0 Å². The number of carboxylic acid groups (broad SMARTS) is 1. The maximum absolute atomic E-state index is 11.8. The Morgan fingerprint density at radius 3 is 2.04 bits per heavy atom. The maximum Gasteiger partial charge on any atom is 0.303 e. The summed E-state index contributed by atoms with van der Waals surface area (Å²) in [7, 11) is 0. The first-order valence-corrected chi connectivity index (χ1v) is 10.3. The van der Waals surface area contributed by atoms with Crippen molar-refractivity contribution in [1.29, 1.82) is 0 Å². The molecule has 1 amide bonds. The van der Waals surface area contributed by atoms with Crippen molar-refractivity contribution in [2.75, 3.05) is 6.54 Å². The van der Waals surface area contributed by atoms with Crippen molar-refractivity contribution in [3.63, 3.8) is 0 Å². The minimum absolute atomic E-state index is 0.0947. The molecule has 0 aromatic heterocycles. The highest BCUT2D eigenvalue weighted by molar-refractivity contribution is 5.75. The molecule has 0 heterocycles. The van der Waals surface area contributed by atoms with E-state index < -0.39 is 5.97 Å². The zero-order valence-corrected chi connectivity index (χ0v) is 15.7. The van der Waals surface area contributed by atoms with Crippen molar-refractivity contribution < 1.29 is 19.8 Å². The number of aliphatic hydroxyl groups is 1. The van der Waals surface area contributed by atoms with Crippen molar-refractivity contribution in [2.45, 2.75) is 102 Å². The van der Waals surface area contributed by atoms with E-state index in [9.17, 15) is 14.7 Å². The minimum atomic E-state index is -0.711. The smallest absolute Gasteiger partial charge is 0.303 e. The van der Waals surface area contributed by atoms with Crippen molar-refractivity contribution in [2.24, 2.45) is 5.92 Å². The van der Waals surface area contributed by atoms with Crippen LogP contribution in [0.1, 0.15) is 96.3 Å². The molecule has 146 valence electrons. The lowest BCUT2D eigenvalue weighted by atomic mass is 9.84. The molecule has 1 saturated carbocycles. The largest absolute Gasteiger partial charge is 0.481 e. The number of hydrogen-bond acceptors (Lipinski definition) is 3. The molecule has 1 aliphatic rings. The van der Waals surface area contributed by atoms with Crippen LogP contribution >= 0.6 is 0 Å². The first kappa shape index (κ1) is 21.9. The zero-order chi connectivity index (χ0) is 18.3. The van der Waals surface area contributed by atoms with Gasteiger partial charge in [-0.1, -0.05) is 51.4 Å². The standard InChI is InChI=1S/C20H37NO4/c22-18(17-11-7-6-8-12-17)15-16-21-19(23)13-9-4-2-1-3-5-10-14-20(24)25/h17-18,22H,1-16H2,(H,21,23)(H,24,25). The zero-order valence-electron chi connectivity index (χ0n) is 15.7. The monoisotopic (exact) mass is 355 g/mol. The Kier molecular flexibility index (Phi) is 12.4. The number of unbranched alkanes of at least 4 members (excludes halogenated alkanes) is 6. The molecule has 5 heteroatoms. The van der Waals surface area contributed by atoms with Gasteiger partial charge in [-0.3, -0.25) is 9.59 Å². The van der Waals surface area contributed by atoms with Crippen LogP contribution in [-0.4, -0.2) is 34.7 Å². The summed E-state index contributed by atoms with van der Waals surface area (Å²) >= 11 is 0. The molecular formula is C20H37NO4. The molecule has 0 aromatic carbocycles. The number of carboxylic acids is 1. The number of amides is 1. The lowest BCUT2D eigenvalue weighted by molar-refractivity contribution is -0.137. The second-order valence-corrected chi connectivity index (χ2v) is 7.47. The molecule has 0 spiro atoms.